The molecule has 30 heavy (non-hydrogen) atoms. The second-order valence-electron chi connectivity index (χ2n) is 6.33. The third kappa shape index (κ3) is 5.19. The number of benzene rings is 2. The van der Waals surface area contributed by atoms with E-state index in [1.165, 1.54) is 4.90 Å². The molecule has 3 aromatic rings. The fraction of sp³-hybridized carbons (Fsp3) is 0.286. The van der Waals surface area contributed by atoms with Gasteiger partial charge in [-0.3, -0.25) is 4.79 Å². The Hall–Kier alpha value is -3.75. The van der Waals surface area contributed by atoms with Gasteiger partial charge >= 0.3 is 0 Å². The van der Waals surface area contributed by atoms with Crippen molar-refractivity contribution in [3.8, 4) is 34.4 Å². The van der Waals surface area contributed by atoms with Crippen molar-refractivity contribution in [2.75, 3.05) is 35.0 Å². The Bertz CT molecular complexity index is 982. The van der Waals surface area contributed by atoms with Gasteiger partial charge in [0.15, 0.2) is 6.61 Å². The van der Waals surface area contributed by atoms with Crippen LogP contribution in [0, 0.1) is 0 Å². The Balaban J connectivity index is 1.59. The number of methoxy groups -OCH3 is 3. The summed E-state index contributed by atoms with van der Waals surface area (Å²) < 4.78 is 26.4. The fourth-order valence-electron chi connectivity index (χ4n) is 2.61. The Labute approximate surface area is 174 Å². The predicted octanol–water partition coefficient (Wildman–Crippen LogP) is 2.80. The van der Waals surface area contributed by atoms with E-state index >= 15 is 0 Å². The molecule has 0 bridgehead atoms. The lowest BCUT2D eigenvalue weighted by Gasteiger charge is -2.16. The SMILES string of the molecule is COc1cc(OC)cc(OCC(=O)N(C)Cc2nc(-c3cccc(OC)c3)no2)c1. The highest BCUT2D eigenvalue weighted by molar-refractivity contribution is 5.77. The van der Waals surface area contributed by atoms with Gasteiger partial charge in [-0.1, -0.05) is 17.3 Å². The zero-order valence-electron chi connectivity index (χ0n) is 17.2. The van der Waals surface area contributed by atoms with Gasteiger partial charge in [0.1, 0.15) is 23.0 Å². The summed E-state index contributed by atoms with van der Waals surface area (Å²) in [5.74, 6) is 2.78. The number of nitrogens with zero attached hydrogens (tertiary/aromatic N) is 3. The molecule has 9 heteroatoms. The number of amides is 1. The number of carbonyl (C=O) groups excluding carboxylic acids is 1. The number of carbonyl (C=O) groups is 1. The van der Waals surface area contributed by atoms with Crippen LogP contribution in [0.3, 0.4) is 0 Å². The first-order valence-electron chi connectivity index (χ1n) is 9.09. The molecule has 1 amide bonds. The first-order chi connectivity index (χ1) is 14.5. The molecule has 0 unspecified atom stereocenters. The van der Waals surface area contributed by atoms with E-state index in [2.05, 4.69) is 10.1 Å². The number of aromatic nitrogens is 2. The van der Waals surface area contributed by atoms with Crippen LogP contribution in [0.5, 0.6) is 23.0 Å². The highest BCUT2D eigenvalue weighted by Crippen LogP contribution is 2.27. The molecule has 0 spiro atoms. The second kappa shape index (κ2) is 9.64. The van der Waals surface area contributed by atoms with Gasteiger partial charge in [0.25, 0.3) is 5.91 Å². The van der Waals surface area contributed by atoms with Crippen molar-refractivity contribution in [2.24, 2.45) is 0 Å². The Morgan fingerprint density at radius 2 is 1.63 bits per heavy atom. The molecule has 0 radical (unpaired) electrons. The Kier molecular flexibility index (Phi) is 6.74. The van der Waals surface area contributed by atoms with Crippen molar-refractivity contribution >= 4 is 5.91 Å². The highest BCUT2D eigenvalue weighted by Gasteiger charge is 2.16. The van der Waals surface area contributed by atoms with E-state index in [4.69, 9.17) is 23.5 Å². The minimum Gasteiger partial charge on any atom is -0.497 e. The van der Waals surface area contributed by atoms with Crippen molar-refractivity contribution in [3.63, 3.8) is 0 Å². The average Bonchev–Trinajstić information content (AvgIpc) is 3.25. The van der Waals surface area contributed by atoms with Crippen molar-refractivity contribution in [2.45, 2.75) is 6.54 Å². The van der Waals surface area contributed by atoms with E-state index < -0.39 is 0 Å². The molecule has 3 rings (SSSR count). The van der Waals surface area contributed by atoms with Gasteiger partial charge in [0, 0.05) is 30.8 Å². The molecule has 0 saturated carbocycles. The van der Waals surface area contributed by atoms with E-state index in [1.54, 1.807) is 52.6 Å². The molecule has 1 heterocycles. The molecule has 1 aromatic heterocycles. The minimum absolute atomic E-state index is 0.153. The maximum Gasteiger partial charge on any atom is 0.260 e. The van der Waals surface area contributed by atoms with Crippen LogP contribution in [0.25, 0.3) is 11.4 Å². The average molecular weight is 413 g/mol. The molecule has 158 valence electrons. The van der Waals surface area contributed by atoms with Crippen LogP contribution in [0.15, 0.2) is 47.0 Å². The van der Waals surface area contributed by atoms with Crippen LogP contribution in [0.2, 0.25) is 0 Å². The van der Waals surface area contributed by atoms with Crippen molar-refractivity contribution in [1.29, 1.82) is 0 Å². The molecule has 0 aliphatic rings. The highest BCUT2D eigenvalue weighted by atomic mass is 16.5. The summed E-state index contributed by atoms with van der Waals surface area (Å²) in [5, 5.41) is 3.97. The largest absolute Gasteiger partial charge is 0.497 e. The molecule has 9 nitrogen and oxygen atoms in total. The van der Waals surface area contributed by atoms with Crippen LogP contribution in [-0.4, -0.2) is 55.9 Å². The smallest absolute Gasteiger partial charge is 0.260 e. The van der Waals surface area contributed by atoms with Crippen LogP contribution in [-0.2, 0) is 11.3 Å². The molecule has 0 saturated heterocycles. The quantitative estimate of drug-likeness (QED) is 0.528. The molecule has 0 atom stereocenters. The van der Waals surface area contributed by atoms with Crippen LogP contribution in [0.1, 0.15) is 5.89 Å². The summed E-state index contributed by atoms with van der Waals surface area (Å²) in [5.41, 5.74) is 0.758. The predicted molar refractivity (Wildman–Crippen MR) is 108 cm³/mol. The molecule has 0 fully saturated rings. The van der Waals surface area contributed by atoms with E-state index in [0.717, 1.165) is 5.56 Å². The zero-order valence-corrected chi connectivity index (χ0v) is 17.2. The number of ether oxygens (including phenoxy) is 4. The Morgan fingerprint density at radius 3 is 2.30 bits per heavy atom. The van der Waals surface area contributed by atoms with E-state index in [0.29, 0.717) is 34.7 Å². The molecule has 0 N–H and O–H groups in total. The lowest BCUT2D eigenvalue weighted by molar-refractivity contribution is -0.132. The number of likely N-dealkylation sites (N-methyl/N-ethyl adjacent to an activating group) is 1. The Morgan fingerprint density at radius 1 is 0.967 bits per heavy atom. The summed E-state index contributed by atoms with van der Waals surface area (Å²) in [4.78, 5) is 18.2. The summed E-state index contributed by atoms with van der Waals surface area (Å²) >= 11 is 0. The van der Waals surface area contributed by atoms with Gasteiger partial charge in [0.2, 0.25) is 11.7 Å². The van der Waals surface area contributed by atoms with Gasteiger partial charge in [-0.25, -0.2) is 0 Å². The van der Waals surface area contributed by atoms with Crippen LogP contribution >= 0.6 is 0 Å². The third-order valence-electron chi connectivity index (χ3n) is 4.28. The summed E-state index contributed by atoms with van der Waals surface area (Å²) in [6, 6.07) is 12.4. The maximum absolute atomic E-state index is 12.4. The summed E-state index contributed by atoms with van der Waals surface area (Å²) in [6.45, 7) is -0.00963. The van der Waals surface area contributed by atoms with E-state index in [9.17, 15) is 4.79 Å². The van der Waals surface area contributed by atoms with Gasteiger partial charge in [0.05, 0.1) is 27.9 Å². The first kappa shape index (κ1) is 21.0. The molecular formula is C21H23N3O6. The number of hydrogen-bond acceptors (Lipinski definition) is 8. The standard InChI is InChI=1S/C21H23N3O6/c1-24(20(25)13-29-18-10-16(27-3)9-17(11-18)28-4)12-19-22-21(23-30-19)14-6-5-7-15(8-14)26-2/h5-11H,12-13H2,1-4H3. The summed E-state index contributed by atoms with van der Waals surface area (Å²) in [7, 11) is 6.31. The van der Waals surface area contributed by atoms with E-state index in [-0.39, 0.29) is 19.1 Å². The van der Waals surface area contributed by atoms with Crippen LogP contribution < -0.4 is 18.9 Å². The van der Waals surface area contributed by atoms with Gasteiger partial charge < -0.3 is 28.4 Å². The first-order valence-corrected chi connectivity index (χ1v) is 9.09. The summed E-state index contributed by atoms with van der Waals surface area (Å²) in [6.07, 6.45) is 0. The number of rotatable bonds is 9. The van der Waals surface area contributed by atoms with Gasteiger partial charge in [-0.15, -0.1) is 0 Å². The minimum atomic E-state index is -0.252. The lowest BCUT2D eigenvalue weighted by Crippen LogP contribution is -2.31. The van der Waals surface area contributed by atoms with Crippen molar-refractivity contribution < 1.29 is 28.3 Å². The van der Waals surface area contributed by atoms with E-state index in [1.807, 2.05) is 18.2 Å². The molecule has 0 aliphatic carbocycles. The maximum atomic E-state index is 12.4. The molecule has 2 aromatic carbocycles. The number of hydrogen-bond donors (Lipinski definition) is 0. The van der Waals surface area contributed by atoms with Crippen molar-refractivity contribution in [1.82, 2.24) is 15.0 Å². The zero-order chi connectivity index (χ0) is 21.5. The topological polar surface area (TPSA) is 96.2 Å². The fourth-order valence-corrected chi connectivity index (χ4v) is 2.61. The molecular weight excluding hydrogens is 390 g/mol. The lowest BCUT2D eigenvalue weighted by atomic mass is 10.2. The molecule has 0 aliphatic heterocycles. The normalized spacial score (nSPS) is 10.4. The second-order valence-corrected chi connectivity index (χ2v) is 6.33. The van der Waals surface area contributed by atoms with Gasteiger partial charge in [-0.2, -0.15) is 4.98 Å². The van der Waals surface area contributed by atoms with Crippen molar-refractivity contribution in [3.05, 3.63) is 48.4 Å². The monoisotopic (exact) mass is 413 g/mol. The van der Waals surface area contributed by atoms with Gasteiger partial charge in [-0.05, 0) is 12.1 Å². The third-order valence-corrected chi connectivity index (χ3v) is 4.28. The van der Waals surface area contributed by atoms with Crippen LogP contribution in [0.4, 0.5) is 0 Å².